The first-order chi connectivity index (χ1) is 14.0. The van der Waals surface area contributed by atoms with Crippen LogP contribution >= 0.6 is 11.3 Å². The molecular formula is C21H19NO5S2. The molecule has 1 amide bonds. The Bertz CT molecular complexity index is 1170. The second kappa shape index (κ2) is 7.53. The lowest BCUT2D eigenvalue weighted by molar-refractivity contribution is -0.116. The highest BCUT2D eigenvalue weighted by atomic mass is 32.2. The van der Waals surface area contributed by atoms with Crippen LogP contribution in [0.1, 0.15) is 22.8 Å². The molecule has 0 fully saturated rings. The fourth-order valence-electron chi connectivity index (χ4n) is 3.49. The number of sulfone groups is 1. The summed E-state index contributed by atoms with van der Waals surface area (Å²) in [6.45, 7) is 0. The van der Waals surface area contributed by atoms with E-state index in [4.69, 9.17) is 9.47 Å². The minimum atomic E-state index is -3.75. The Hall–Kier alpha value is -2.84. The summed E-state index contributed by atoms with van der Waals surface area (Å²) in [6, 6.07) is 13.6. The summed E-state index contributed by atoms with van der Waals surface area (Å²) < 4.78 is 37.1. The molecule has 6 nitrogen and oxygen atoms in total. The molecule has 1 aromatic heterocycles. The van der Waals surface area contributed by atoms with Gasteiger partial charge in [-0.15, -0.1) is 11.3 Å². The standard InChI is InChI=1S/C21H19NO5S2/c1-26-13-8-9-17(27-2)15(10-13)16-11-19(23)22-20-18(12-28-21(16)20)29(24,25)14-6-4-3-5-7-14/h3-10,12,16H,11H2,1-2H3,(H,22,23)/t16-/m1/s1. The van der Waals surface area contributed by atoms with E-state index in [1.807, 2.05) is 6.07 Å². The van der Waals surface area contributed by atoms with Crippen LogP contribution in [0.3, 0.4) is 0 Å². The van der Waals surface area contributed by atoms with Gasteiger partial charge in [0.15, 0.2) is 0 Å². The summed E-state index contributed by atoms with van der Waals surface area (Å²) in [5.41, 5.74) is 1.14. The second-order valence-electron chi connectivity index (χ2n) is 6.57. The predicted octanol–water partition coefficient (Wildman–Crippen LogP) is 4.07. The van der Waals surface area contributed by atoms with Gasteiger partial charge in [-0.3, -0.25) is 4.79 Å². The molecule has 2 aromatic carbocycles. The van der Waals surface area contributed by atoms with Crippen LogP contribution in [0.15, 0.2) is 63.7 Å². The van der Waals surface area contributed by atoms with Gasteiger partial charge in [-0.1, -0.05) is 18.2 Å². The van der Waals surface area contributed by atoms with E-state index >= 15 is 0 Å². The molecule has 29 heavy (non-hydrogen) atoms. The second-order valence-corrected chi connectivity index (χ2v) is 9.40. The maximum atomic E-state index is 13.2. The number of rotatable bonds is 5. The first kappa shape index (κ1) is 19.5. The Morgan fingerprint density at radius 3 is 2.52 bits per heavy atom. The van der Waals surface area contributed by atoms with E-state index in [0.29, 0.717) is 17.2 Å². The topological polar surface area (TPSA) is 81.7 Å². The molecular weight excluding hydrogens is 410 g/mol. The SMILES string of the molecule is COc1ccc(OC)c([C@H]2CC(=O)Nc3c(S(=O)(=O)c4ccccc4)csc32)c1. The summed E-state index contributed by atoms with van der Waals surface area (Å²) in [5.74, 6) is 0.697. The largest absolute Gasteiger partial charge is 0.497 e. The van der Waals surface area contributed by atoms with Crippen LogP contribution in [0.5, 0.6) is 11.5 Å². The lowest BCUT2D eigenvalue weighted by Gasteiger charge is -2.25. The van der Waals surface area contributed by atoms with Gasteiger partial charge in [-0.2, -0.15) is 0 Å². The Balaban J connectivity index is 1.86. The van der Waals surface area contributed by atoms with E-state index in [1.54, 1.807) is 62.1 Å². The van der Waals surface area contributed by atoms with Crippen LogP contribution in [-0.2, 0) is 14.6 Å². The monoisotopic (exact) mass is 429 g/mol. The normalized spacial score (nSPS) is 16.1. The Kier molecular flexibility index (Phi) is 5.06. The van der Waals surface area contributed by atoms with E-state index in [0.717, 1.165) is 10.4 Å². The number of anilines is 1. The molecule has 0 radical (unpaired) electrons. The fourth-order valence-corrected chi connectivity index (χ4v) is 6.41. The number of carbonyl (C=O) groups is 1. The highest BCUT2D eigenvalue weighted by Crippen LogP contribution is 2.48. The molecule has 4 rings (SSSR count). The molecule has 1 atom stereocenters. The first-order valence-electron chi connectivity index (χ1n) is 8.89. The van der Waals surface area contributed by atoms with E-state index < -0.39 is 9.84 Å². The number of benzene rings is 2. The average molecular weight is 430 g/mol. The minimum Gasteiger partial charge on any atom is -0.497 e. The molecule has 0 saturated heterocycles. The molecule has 2 heterocycles. The van der Waals surface area contributed by atoms with Gasteiger partial charge in [0.2, 0.25) is 15.7 Å². The van der Waals surface area contributed by atoms with Crippen molar-refractivity contribution in [3.8, 4) is 11.5 Å². The van der Waals surface area contributed by atoms with Gasteiger partial charge in [0.25, 0.3) is 0 Å². The third-order valence-corrected chi connectivity index (χ3v) is 7.95. The Morgan fingerprint density at radius 1 is 1.07 bits per heavy atom. The van der Waals surface area contributed by atoms with Crippen LogP contribution in [0, 0.1) is 0 Å². The van der Waals surface area contributed by atoms with Gasteiger partial charge in [-0.25, -0.2) is 8.42 Å². The number of thiophene rings is 1. The van der Waals surface area contributed by atoms with E-state index in [1.165, 1.54) is 11.3 Å². The first-order valence-corrected chi connectivity index (χ1v) is 11.2. The van der Waals surface area contributed by atoms with Crippen molar-refractivity contribution in [3.63, 3.8) is 0 Å². The Morgan fingerprint density at radius 2 is 1.83 bits per heavy atom. The zero-order chi connectivity index (χ0) is 20.6. The average Bonchev–Trinajstić information content (AvgIpc) is 3.17. The van der Waals surface area contributed by atoms with Gasteiger partial charge in [0.05, 0.1) is 24.8 Å². The number of hydrogen-bond donors (Lipinski definition) is 1. The number of amides is 1. The zero-order valence-electron chi connectivity index (χ0n) is 15.8. The lowest BCUT2D eigenvalue weighted by atomic mass is 9.90. The summed E-state index contributed by atoms with van der Waals surface area (Å²) in [5, 5.41) is 4.37. The number of nitrogens with one attached hydrogen (secondary N) is 1. The molecule has 3 aromatic rings. The molecule has 150 valence electrons. The van der Waals surface area contributed by atoms with Crippen molar-refractivity contribution < 1.29 is 22.7 Å². The van der Waals surface area contributed by atoms with Crippen LogP contribution in [0.4, 0.5) is 5.69 Å². The third kappa shape index (κ3) is 3.38. The molecule has 0 saturated carbocycles. The van der Waals surface area contributed by atoms with Crippen molar-refractivity contribution in [1.29, 1.82) is 0 Å². The Labute approximate surface area is 173 Å². The summed E-state index contributed by atoms with van der Waals surface area (Å²) in [6.07, 6.45) is 0.196. The molecule has 0 unspecified atom stereocenters. The lowest BCUT2D eigenvalue weighted by Crippen LogP contribution is -2.23. The molecule has 0 spiro atoms. The molecule has 1 aliphatic heterocycles. The van der Waals surface area contributed by atoms with Crippen molar-refractivity contribution >= 4 is 32.8 Å². The summed E-state index contributed by atoms with van der Waals surface area (Å²) >= 11 is 1.32. The fraction of sp³-hybridized carbons (Fsp3) is 0.190. The van der Waals surface area contributed by atoms with Crippen LogP contribution < -0.4 is 14.8 Å². The van der Waals surface area contributed by atoms with E-state index in [9.17, 15) is 13.2 Å². The predicted molar refractivity (Wildman–Crippen MR) is 111 cm³/mol. The van der Waals surface area contributed by atoms with Crippen LogP contribution in [-0.4, -0.2) is 28.5 Å². The third-order valence-electron chi connectivity index (χ3n) is 4.91. The van der Waals surface area contributed by atoms with Gasteiger partial charge < -0.3 is 14.8 Å². The highest BCUT2D eigenvalue weighted by Gasteiger charge is 2.35. The van der Waals surface area contributed by atoms with Gasteiger partial charge in [0, 0.05) is 28.2 Å². The van der Waals surface area contributed by atoms with Crippen LogP contribution in [0.2, 0.25) is 0 Å². The molecule has 0 aliphatic carbocycles. The smallest absolute Gasteiger partial charge is 0.225 e. The van der Waals surface area contributed by atoms with E-state index in [-0.39, 0.29) is 28.0 Å². The van der Waals surface area contributed by atoms with E-state index in [2.05, 4.69) is 5.32 Å². The number of hydrogen-bond acceptors (Lipinski definition) is 6. The number of methoxy groups -OCH3 is 2. The highest BCUT2D eigenvalue weighted by molar-refractivity contribution is 7.91. The molecule has 0 bridgehead atoms. The van der Waals surface area contributed by atoms with Gasteiger partial charge >= 0.3 is 0 Å². The molecule has 1 N–H and O–H groups in total. The maximum Gasteiger partial charge on any atom is 0.225 e. The van der Waals surface area contributed by atoms with Gasteiger partial charge in [-0.05, 0) is 30.3 Å². The van der Waals surface area contributed by atoms with Crippen molar-refractivity contribution in [2.45, 2.75) is 22.1 Å². The van der Waals surface area contributed by atoms with Crippen molar-refractivity contribution in [1.82, 2.24) is 0 Å². The zero-order valence-corrected chi connectivity index (χ0v) is 17.5. The molecule has 8 heteroatoms. The number of carbonyl (C=O) groups excluding carboxylic acids is 1. The minimum absolute atomic E-state index is 0.114. The molecule has 1 aliphatic rings. The quantitative estimate of drug-likeness (QED) is 0.661. The summed E-state index contributed by atoms with van der Waals surface area (Å²) in [7, 11) is -0.621. The number of fused-ring (bicyclic) bond motifs is 1. The van der Waals surface area contributed by atoms with Crippen molar-refractivity contribution in [2.24, 2.45) is 0 Å². The van der Waals surface area contributed by atoms with Crippen molar-refractivity contribution in [3.05, 3.63) is 64.4 Å². The van der Waals surface area contributed by atoms with Crippen molar-refractivity contribution in [2.75, 3.05) is 19.5 Å². The number of ether oxygens (including phenoxy) is 2. The van der Waals surface area contributed by atoms with Crippen LogP contribution in [0.25, 0.3) is 0 Å². The maximum absolute atomic E-state index is 13.2. The summed E-state index contributed by atoms with van der Waals surface area (Å²) in [4.78, 5) is 13.6. The van der Waals surface area contributed by atoms with Gasteiger partial charge in [0.1, 0.15) is 16.4 Å².